The number of halogens is 1. The molecule has 4 aromatic rings. The monoisotopic (exact) mass is 475 g/mol. The fourth-order valence-electron chi connectivity index (χ4n) is 3.69. The number of methoxy groups -OCH3 is 2. The van der Waals surface area contributed by atoms with Gasteiger partial charge >= 0.3 is 6.03 Å². The molecular weight excluding hydrogens is 449 g/mol. The van der Waals surface area contributed by atoms with Crippen LogP contribution in [0.3, 0.4) is 0 Å². The molecule has 0 saturated carbocycles. The molecule has 1 aromatic heterocycles. The van der Waals surface area contributed by atoms with Crippen molar-refractivity contribution >= 4 is 22.6 Å². The predicted octanol–water partition coefficient (Wildman–Crippen LogP) is 6.37. The van der Waals surface area contributed by atoms with Gasteiger partial charge in [-0.2, -0.15) is 0 Å². The Morgan fingerprint density at radius 1 is 0.943 bits per heavy atom. The lowest BCUT2D eigenvalue weighted by Gasteiger charge is -2.17. The van der Waals surface area contributed by atoms with Crippen LogP contribution in [0.4, 0.5) is 14.9 Å². The summed E-state index contributed by atoms with van der Waals surface area (Å²) in [7, 11) is 3.15. The molecule has 0 aliphatic rings. The summed E-state index contributed by atoms with van der Waals surface area (Å²) in [5.74, 6) is 2.07. The number of hydrogen-bond acceptors (Lipinski definition) is 5. The van der Waals surface area contributed by atoms with Crippen LogP contribution in [-0.2, 0) is 0 Å². The van der Waals surface area contributed by atoms with Crippen molar-refractivity contribution in [2.75, 3.05) is 19.5 Å². The van der Waals surface area contributed by atoms with Crippen molar-refractivity contribution in [3.05, 3.63) is 83.8 Å². The van der Waals surface area contributed by atoms with E-state index in [1.165, 1.54) is 12.1 Å². The topological polar surface area (TPSA) is 81.7 Å². The molecule has 4 rings (SSSR count). The van der Waals surface area contributed by atoms with Gasteiger partial charge in [0.1, 0.15) is 17.3 Å². The Labute approximate surface area is 202 Å². The van der Waals surface area contributed by atoms with E-state index in [4.69, 9.17) is 14.2 Å². The molecule has 35 heavy (non-hydrogen) atoms. The molecule has 0 saturated heterocycles. The first-order valence-electron chi connectivity index (χ1n) is 11.0. The number of carbonyl (C=O) groups is 1. The minimum atomic E-state index is -0.361. The summed E-state index contributed by atoms with van der Waals surface area (Å²) in [6, 6.07) is 16.2. The average Bonchev–Trinajstić information content (AvgIpc) is 2.85. The van der Waals surface area contributed by atoms with Crippen molar-refractivity contribution in [2.24, 2.45) is 0 Å². The maximum atomic E-state index is 13.1. The number of rotatable bonds is 7. The Kier molecular flexibility index (Phi) is 7.01. The standard InChI is InChI=1S/C27H26FN3O4/c1-16-13-20(35-24-11-12-29-23-15-26(34-4)25(33-3)14-21(23)24)9-10-22(16)31-27(32)30-17(2)18-5-7-19(28)8-6-18/h5-15,17H,1-4H3,(H2,30,31,32)/t17-/m1/s1. The highest BCUT2D eigenvalue weighted by molar-refractivity contribution is 5.91. The molecular formula is C27H26FN3O4. The summed E-state index contributed by atoms with van der Waals surface area (Å²) < 4.78 is 30.0. The summed E-state index contributed by atoms with van der Waals surface area (Å²) >= 11 is 0. The zero-order chi connectivity index (χ0) is 24.9. The summed E-state index contributed by atoms with van der Waals surface area (Å²) in [6.45, 7) is 3.71. The van der Waals surface area contributed by atoms with E-state index in [-0.39, 0.29) is 17.9 Å². The third kappa shape index (κ3) is 5.43. The number of pyridine rings is 1. The van der Waals surface area contributed by atoms with Gasteiger partial charge in [-0.1, -0.05) is 12.1 Å². The Bertz CT molecular complexity index is 1360. The first kappa shape index (κ1) is 23.8. The number of amides is 2. The van der Waals surface area contributed by atoms with Crippen LogP contribution in [0.2, 0.25) is 0 Å². The molecule has 0 radical (unpaired) electrons. The molecule has 0 aliphatic carbocycles. The summed E-state index contributed by atoms with van der Waals surface area (Å²) in [6.07, 6.45) is 1.67. The maximum Gasteiger partial charge on any atom is 0.319 e. The lowest BCUT2D eigenvalue weighted by molar-refractivity contribution is 0.249. The van der Waals surface area contributed by atoms with Gasteiger partial charge in [0.15, 0.2) is 11.5 Å². The number of ether oxygens (including phenoxy) is 3. The molecule has 180 valence electrons. The fraction of sp³-hybridized carbons (Fsp3) is 0.185. The van der Waals surface area contributed by atoms with Crippen LogP contribution < -0.4 is 24.8 Å². The van der Waals surface area contributed by atoms with Crippen LogP contribution >= 0.6 is 0 Å². The number of nitrogens with zero attached hydrogens (tertiary/aromatic N) is 1. The number of carbonyl (C=O) groups excluding carboxylic acids is 1. The highest BCUT2D eigenvalue weighted by atomic mass is 19.1. The summed E-state index contributed by atoms with van der Waals surface area (Å²) in [5.41, 5.74) is 2.99. The van der Waals surface area contributed by atoms with Crippen molar-refractivity contribution in [2.45, 2.75) is 19.9 Å². The van der Waals surface area contributed by atoms with E-state index in [0.29, 0.717) is 34.2 Å². The zero-order valence-corrected chi connectivity index (χ0v) is 19.9. The van der Waals surface area contributed by atoms with Gasteiger partial charge in [-0.25, -0.2) is 9.18 Å². The third-order valence-electron chi connectivity index (χ3n) is 5.60. The second-order valence-electron chi connectivity index (χ2n) is 7.98. The van der Waals surface area contributed by atoms with E-state index < -0.39 is 0 Å². The number of benzene rings is 3. The van der Waals surface area contributed by atoms with Gasteiger partial charge in [-0.3, -0.25) is 4.98 Å². The molecule has 8 heteroatoms. The van der Waals surface area contributed by atoms with Gasteiger partial charge in [0.05, 0.1) is 25.8 Å². The Balaban J connectivity index is 1.48. The van der Waals surface area contributed by atoms with Crippen LogP contribution in [0.1, 0.15) is 24.1 Å². The van der Waals surface area contributed by atoms with Crippen LogP contribution in [0.5, 0.6) is 23.0 Å². The number of fused-ring (bicyclic) bond motifs is 1. The molecule has 0 spiro atoms. The number of anilines is 1. The average molecular weight is 476 g/mol. The van der Waals surface area contributed by atoms with Crippen LogP contribution in [0, 0.1) is 12.7 Å². The largest absolute Gasteiger partial charge is 0.493 e. The molecule has 7 nitrogen and oxygen atoms in total. The summed E-state index contributed by atoms with van der Waals surface area (Å²) in [4.78, 5) is 16.9. The van der Waals surface area contributed by atoms with Crippen molar-refractivity contribution in [3.8, 4) is 23.0 Å². The van der Waals surface area contributed by atoms with Crippen LogP contribution in [0.15, 0.2) is 66.9 Å². The van der Waals surface area contributed by atoms with Crippen LogP contribution in [0.25, 0.3) is 10.9 Å². The van der Waals surface area contributed by atoms with Gasteiger partial charge < -0.3 is 24.8 Å². The van der Waals surface area contributed by atoms with Crippen molar-refractivity contribution < 1.29 is 23.4 Å². The smallest absolute Gasteiger partial charge is 0.319 e. The lowest BCUT2D eigenvalue weighted by atomic mass is 10.1. The minimum absolute atomic E-state index is 0.283. The molecule has 3 aromatic carbocycles. The number of nitrogens with one attached hydrogen (secondary N) is 2. The molecule has 2 amide bonds. The lowest BCUT2D eigenvalue weighted by Crippen LogP contribution is -2.31. The Morgan fingerprint density at radius 3 is 2.34 bits per heavy atom. The number of aryl methyl sites for hydroxylation is 1. The zero-order valence-electron chi connectivity index (χ0n) is 19.9. The van der Waals surface area contributed by atoms with E-state index in [0.717, 1.165) is 16.5 Å². The van der Waals surface area contributed by atoms with Gasteiger partial charge in [0.2, 0.25) is 0 Å². The molecule has 2 N–H and O–H groups in total. The maximum absolute atomic E-state index is 13.1. The van der Waals surface area contributed by atoms with E-state index in [1.807, 2.05) is 26.0 Å². The first-order valence-corrected chi connectivity index (χ1v) is 11.0. The fourth-order valence-corrected chi connectivity index (χ4v) is 3.69. The van der Waals surface area contributed by atoms with Gasteiger partial charge in [0, 0.05) is 23.3 Å². The quantitative estimate of drug-likeness (QED) is 0.324. The molecule has 1 atom stereocenters. The normalized spacial score (nSPS) is 11.6. The van der Waals surface area contributed by atoms with Crippen molar-refractivity contribution in [1.82, 2.24) is 10.3 Å². The molecule has 0 aliphatic heterocycles. The van der Waals surface area contributed by atoms with E-state index in [1.54, 1.807) is 56.8 Å². The Morgan fingerprint density at radius 2 is 1.66 bits per heavy atom. The Hall–Kier alpha value is -4.33. The number of urea groups is 1. The minimum Gasteiger partial charge on any atom is -0.493 e. The van der Waals surface area contributed by atoms with E-state index in [2.05, 4.69) is 15.6 Å². The molecule has 0 bridgehead atoms. The van der Waals surface area contributed by atoms with Crippen LogP contribution in [-0.4, -0.2) is 25.2 Å². The van der Waals surface area contributed by atoms with Gasteiger partial charge in [0.25, 0.3) is 0 Å². The summed E-state index contributed by atoms with van der Waals surface area (Å²) in [5, 5.41) is 6.48. The number of hydrogen-bond donors (Lipinski definition) is 2. The molecule has 1 heterocycles. The van der Waals surface area contributed by atoms with Gasteiger partial charge in [-0.05, 0) is 67.4 Å². The van der Waals surface area contributed by atoms with Gasteiger partial charge in [-0.15, -0.1) is 0 Å². The second-order valence-corrected chi connectivity index (χ2v) is 7.98. The SMILES string of the molecule is COc1cc2nccc(Oc3ccc(NC(=O)N[C@H](C)c4ccc(F)cc4)c(C)c3)c2cc1OC. The van der Waals surface area contributed by atoms with Crippen molar-refractivity contribution in [3.63, 3.8) is 0 Å². The predicted molar refractivity (Wildman–Crippen MR) is 133 cm³/mol. The highest BCUT2D eigenvalue weighted by Crippen LogP contribution is 2.37. The van der Waals surface area contributed by atoms with Crippen molar-refractivity contribution in [1.29, 1.82) is 0 Å². The molecule has 0 unspecified atom stereocenters. The second kappa shape index (κ2) is 10.3. The molecule has 0 fully saturated rings. The number of aromatic nitrogens is 1. The van der Waals surface area contributed by atoms with E-state index >= 15 is 0 Å². The van der Waals surface area contributed by atoms with E-state index in [9.17, 15) is 9.18 Å². The highest BCUT2D eigenvalue weighted by Gasteiger charge is 2.13. The first-order chi connectivity index (χ1) is 16.9. The third-order valence-corrected chi connectivity index (χ3v) is 5.60.